The van der Waals surface area contributed by atoms with Crippen LogP contribution < -0.4 is 14.9 Å². The van der Waals surface area contributed by atoms with E-state index in [0.29, 0.717) is 57.4 Å². The van der Waals surface area contributed by atoms with Gasteiger partial charge in [0.25, 0.3) is 5.69 Å². The van der Waals surface area contributed by atoms with Crippen molar-refractivity contribution >= 4 is 27.3 Å². The van der Waals surface area contributed by atoms with E-state index in [1.165, 1.54) is 12.1 Å². The minimum atomic E-state index is -3.85. The van der Waals surface area contributed by atoms with Gasteiger partial charge in [-0.25, -0.2) is 13.1 Å². The fourth-order valence-electron chi connectivity index (χ4n) is 3.29. The Morgan fingerprint density at radius 1 is 1.22 bits per heavy atom. The van der Waals surface area contributed by atoms with Crippen LogP contribution in [0.15, 0.2) is 23.1 Å². The van der Waals surface area contributed by atoms with Crippen molar-refractivity contribution in [2.45, 2.75) is 18.7 Å². The summed E-state index contributed by atoms with van der Waals surface area (Å²) in [6, 6.07) is 3.99. The average Bonchev–Trinajstić information content (AvgIpc) is 2.72. The number of benzene rings is 1. The highest BCUT2D eigenvalue weighted by Gasteiger charge is 2.27. The van der Waals surface area contributed by atoms with Gasteiger partial charge in [-0.05, 0) is 32.1 Å². The Bertz CT molecular complexity index is 898. The highest BCUT2D eigenvalue weighted by Crippen LogP contribution is 2.31. The fraction of sp³-hybridized carbons (Fsp3) is 0.650. The Hall–Kier alpha value is -2.28. The SMILES string of the molecule is CC(C)CNC(=O)CN1CCN(c2ccc(S(=O)(=O)NCCN(C)C)cc2[N+](=O)[O-])CC1. The minimum absolute atomic E-state index is 0.0329. The Balaban J connectivity index is 2.05. The van der Waals surface area contributed by atoms with E-state index in [-0.39, 0.29) is 23.0 Å². The lowest BCUT2D eigenvalue weighted by Crippen LogP contribution is -2.49. The monoisotopic (exact) mass is 470 g/mol. The average molecular weight is 471 g/mol. The van der Waals surface area contributed by atoms with Crippen LogP contribution in [-0.4, -0.2) is 95.5 Å². The predicted molar refractivity (Wildman–Crippen MR) is 123 cm³/mol. The molecule has 1 aliphatic rings. The van der Waals surface area contributed by atoms with Gasteiger partial charge in [0.1, 0.15) is 5.69 Å². The molecule has 1 aromatic rings. The van der Waals surface area contributed by atoms with Gasteiger partial charge in [-0.2, -0.15) is 0 Å². The van der Waals surface area contributed by atoms with Crippen LogP contribution in [0.3, 0.4) is 0 Å². The first kappa shape index (κ1) is 26.0. The summed E-state index contributed by atoms with van der Waals surface area (Å²) in [5.41, 5.74) is 0.134. The van der Waals surface area contributed by atoms with Crippen LogP contribution in [0.2, 0.25) is 0 Å². The number of piperazine rings is 1. The topological polar surface area (TPSA) is 128 Å². The first-order valence-electron chi connectivity index (χ1n) is 10.7. The largest absolute Gasteiger partial charge is 0.363 e. The highest BCUT2D eigenvalue weighted by atomic mass is 32.2. The van der Waals surface area contributed by atoms with E-state index < -0.39 is 14.9 Å². The molecule has 180 valence electrons. The molecule has 12 heteroatoms. The Kier molecular flexibility index (Phi) is 9.37. The summed E-state index contributed by atoms with van der Waals surface area (Å²) in [6.45, 7) is 7.87. The van der Waals surface area contributed by atoms with Gasteiger partial charge in [0, 0.05) is 51.9 Å². The molecule has 2 N–H and O–H groups in total. The Morgan fingerprint density at radius 2 is 1.88 bits per heavy atom. The van der Waals surface area contributed by atoms with Crippen molar-refractivity contribution in [3.63, 3.8) is 0 Å². The molecule has 1 heterocycles. The van der Waals surface area contributed by atoms with Crippen molar-refractivity contribution in [3.8, 4) is 0 Å². The van der Waals surface area contributed by atoms with Crippen molar-refractivity contribution in [2.75, 3.05) is 71.4 Å². The number of carbonyl (C=O) groups is 1. The van der Waals surface area contributed by atoms with Gasteiger partial charge >= 0.3 is 0 Å². The number of amides is 1. The molecule has 1 aliphatic heterocycles. The zero-order valence-electron chi connectivity index (χ0n) is 19.2. The number of nitrogens with zero attached hydrogens (tertiary/aromatic N) is 4. The van der Waals surface area contributed by atoms with Crippen LogP contribution in [0.1, 0.15) is 13.8 Å². The van der Waals surface area contributed by atoms with Gasteiger partial charge < -0.3 is 15.1 Å². The summed E-state index contributed by atoms with van der Waals surface area (Å²) in [6.07, 6.45) is 0. The predicted octanol–water partition coefficient (Wildman–Crippen LogP) is 0.329. The zero-order chi connectivity index (χ0) is 23.9. The van der Waals surface area contributed by atoms with Crippen LogP contribution in [0.5, 0.6) is 0 Å². The Morgan fingerprint density at radius 3 is 2.44 bits per heavy atom. The second kappa shape index (κ2) is 11.5. The van der Waals surface area contributed by atoms with Gasteiger partial charge in [0.15, 0.2) is 0 Å². The van der Waals surface area contributed by atoms with Crippen molar-refractivity contribution in [3.05, 3.63) is 28.3 Å². The van der Waals surface area contributed by atoms with Gasteiger partial charge in [0.2, 0.25) is 15.9 Å². The molecule has 0 unspecified atom stereocenters. The summed E-state index contributed by atoms with van der Waals surface area (Å²) < 4.78 is 27.5. The van der Waals surface area contributed by atoms with Crippen LogP contribution in [0.4, 0.5) is 11.4 Å². The van der Waals surface area contributed by atoms with Crippen LogP contribution >= 0.6 is 0 Å². The second-order valence-corrected chi connectivity index (χ2v) is 10.3. The lowest BCUT2D eigenvalue weighted by molar-refractivity contribution is -0.384. The number of nitro groups is 1. The van der Waals surface area contributed by atoms with E-state index >= 15 is 0 Å². The van der Waals surface area contributed by atoms with Crippen molar-refractivity contribution < 1.29 is 18.1 Å². The lowest BCUT2D eigenvalue weighted by atomic mass is 10.2. The van der Waals surface area contributed by atoms with E-state index in [9.17, 15) is 23.3 Å². The molecule has 0 bridgehead atoms. The maximum atomic E-state index is 12.5. The summed E-state index contributed by atoms with van der Waals surface area (Å²) in [5, 5.41) is 14.6. The maximum absolute atomic E-state index is 12.5. The summed E-state index contributed by atoms with van der Waals surface area (Å²) >= 11 is 0. The lowest BCUT2D eigenvalue weighted by Gasteiger charge is -2.35. The molecule has 1 fully saturated rings. The van der Waals surface area contributed by atoms with Gasteiger partial charge in [0.05, 0.1) is 16.4 Å². The van der Waals surface area contributed by atoms with E-state index in [2.05, 4.69) is 10.0 Å². The molecule has 1 saturated heterocycles. The molecule has 0 atom stereocenters. The molecule has 0 aliphatic carbocycles. The van der Waals surface area contributed by atoms with Crippen LogP contribution in [-0.2, 0) is 14.8 Å². The second-order valence-electron chi connectivity index (χ2n) is 8.57. The first-order chi connectivity index (χ1) is 15.0. The maximum Gasteiger partial charge on any atom is 0.293 e. The summed E-state index contributed by atoms with van der Waals surface area (Å²) in [5.74, 6) is 0.348. The molecule has 0 radical (unpaired) electrons. The third kappa shape index (κ3) is 7.69. The molecule has 0 aromatic heterocycles. The third-order valence-electron chi connectivity index (χ3n) is 5.09. The number of likely N-dealkylation sites (N-methyl/N-ethyl adjacent to an activating group) is 1. The van der Waals surface area contributed by atoms with E-state index in [1.807, 2.05) is 42.6 Å². The number of anilines is 1. The molecule has 2 rings (SSSR count). The molecular formula is C20H34N6O5S. The summed E-state index contributed by atoms with van der Waals surface area (Å²) in [7, 11) is -0.195. The van der Waals surface area contributed by atoms with Crippen LogP contribution in [0, 0.1) is 16.0 Å². The molecule has 0 saturated carbocycles. The van der Waals surface area contributed by atoms with E-state index in [1.54, 1.807) is 0 Å². The number of hydrogen-bond donors (Lipinski definition) is 2. The van der Waals surface area contributed by atoms with Crippen molar-refractivity contribution in [1.82, 2.24) is 19.8 Å². The normalized spacial score (nSPS) is 15.4. The zero-order valence-corrected chi connectivity index (χ0v) is 20.0. The summed E-state index contributed by atoms with van der Waals surface area (Å²) in [4.78, 5) is 28.7. The Labute approximate surface area is 189 Å². The third-order valence-corrected chi connectivity index (χ3v) is 6.55. The standard InChI is InChI=1S/C20H34N6O5S/c1-16(2)14-21-20(27)15-24-9-11-25(12-10-24)18-6-5-17(13-19(18)26(28)29)32(30,31)22-7-8-23(3)4/h5-6,13,16,22H,7-12,14-15H2,1-4H3,(H,21,27). The van der Waals surface area contributed by atoms with Crippen molar-refractivity contribution in [1.29, 1.82) is 0 Å². The van der Waals surface area contributed by atoms with Gasteiger partial charge in [-0.1, -0.05) is 13.8 Å². The number of sulfonamides is 1. The quantitative estimate of drug-likeness (QED) is 0.350. The molecule has 11 nitrogen and oxygen atoms in total. The van der Waals surface area contributed by atoms with Gasteiger partial charge in [-0.3, -0.25) is 19.8 Å². The van der Waals surface area contributed by atoms with Crippen LogP contribution in [0.25, 0.3) is 0 Å². The number of rotatable bonds is 11. The smallest absolute Gasteiger partial charge is 0.293 e. The minimum Gasteiger partial charge on any atom is -0.363 e. The highest BCUT2D eigenvalue weighted by molar-refractivity contribution is 7.89. The van der Waals surface area contributed by atoms with E-state index in [0.717, 1.165) is 6.07 Å². The number of nitrogens with one attached hydrogen (secondary N) is 2. The van der Waals surface area contributed by atoms with E-state index in [4.69, 9.17) is 0 Å². The fourth-order valence-corrected chi connectivity index (χ4v) is 4.34. The number of nitro benzene ring substituents is 1. The first-order valence-corrected chi connectivity index (χ1v) is 12.1. The molecular weight excluding hydrogens is 436 g/mol. The van der Waals surface area contributed by atoms with Crippen molar-refractivity contribution in [2.24, 2.45) is 5.92 Å². The number of hydrogen-bond acceptors (Lipinski definition) is 8. The van der Waals surface area contributed by atoms with Gasteiger partial charge in [-0.15, -0.1) is 0 Å². The molecule has 0 spiro atoms. The molecule has 1 amide bonds. The molecule has 1 aromatic carbocycles. The number of carbonyl (C=O) groups excluding carboxylic acids is 1. The molecule has 32 heavy (non-hydrogen) atoms.